The molecule has 0 atom stereocenters. The third-order valence-corrected chi connectivity index (χ3v) is 5.80. The second-order valence-electron chi connectivity index (χ2n) is 6.85. The lowest BCUT2D eigenvalue weighted by molar-refractivity contribution is 0.772. The van der Waals surface area contributed by atoms with Crippen molar-refractivity contribution in [3.8, 4) is 22.4 Å². The molecule has 0 amide bonds. The Labute approximate surface area is 164 Å². The normalized spacial score (nSPS) is 10.9. The number of aromatic nitrogens is 2. The molecule has 0 unspecified atom stereocenters. The van der Waals surface area contributed by atoms with Crippen molar-refractivity contribution in [2.75, 3.05) is 5.32 Å². The summed E-state index contributed by atoms with van der Waals surface area (Å²) in [6, 6.07) is 21.6. The summed E-state index contributed by atoms with van der Waals surface area (Å²) in [5.41, 5.74) is 7.24. The minimum Gasteiger partial charge on any atom is -0.365 e. The van der Waals surface area contributed by atoms with Crippen molar-refractivity contribution in [2.45, 2.75) is 20.4 Å². The lowest BCUT2D eigenvalue weighted by Gasteiger charge is -2.06. The summed E-state index contributed by atoms with van der Waals surface area (Å²) < 4.78 is 1.90. The molecule has 0 radical (unpaired) electrons. The van der Waals surface area contributed by atoms with E-state index in [-0.39, 0.29) is 0 Å². The maximum atomic E-state index is 4.67. The lowest BCUT2D eigenvalue weighted by atomic mass is 9.99. The minimum absolute atomic E-state index is 0.822. The van der Waals surface area contributed by atoms with Gasteiger partial charge in [-0.25, -0.2) is 0 Å². The smallest absolute Gasteiger partial charge is 0.124 e. The molecule has 2 aromatic heterocycles. The number of anilines is 1. The molecule has 3 nitrogen and oxygen atoms in total. The Kier molecular flexibility index (Phi) is 4.82. The lowest BCUT2D eigenvalue weighted by Crippen LogP contribution is -2.03. The van der Waals surface area contributed by atoms with Crippen LogP contribution in [-0.4, -0.2) is 9.78 Å². The molecule has 27 heavy (non-hydrogen) atoms. The van der Waals surface area contributed by atoms with E-state index in [4.69, 9.17) is 0 Å². The van der Waals surface area contributed by atoms with Gasteiger partial charge in [-0.1, -0.05) is 48.5 Å². The summed E-state index contributed by atoms with van der Waals surface area (Å²) in [7, 11) is 1.98. The molecule has 0 aliphatic carbocycles. The van der Waals surface area contributed by atoms with E-state index in [1.807, 2.05) is 11.7 Å². The van der Waals surface area contributed by atoms with Gasteiger partial charge >= 0.3 is 0 Å². The zero-order chi connectivity index (χ0) is 18.8. The second-order valence-corrected chi connectivity index (χ2v) is 7.88. The second kappa shape index (κ2) is 7.41. The highest BCUT2D eigenvalue weighted by atomic mass is 32.1. The van der Waals surface area contributed by atoms with E-state index in [9.17, 15) is 0 Å². The molecule has 136 valence electrons. The fraction of sp³-hybridized carbons (Fsp3) is 0.174. The van der Waals surface area contributed by atoms with Crippen molar-refractivity contribution >= 4 is 17.2 Å². The molecule has 0 spiro atoms. The molecule has 0 saturated heterocycles. The Hall–Kier alpha value is -2.85. The molecular formula is C23H23N3S. The average molecular weight is 374 g/mol. The van der Waals surface area contributed by atoms with E-state index >= 15 is 0 Å². The topological polar surface area (TPSA) is 29.9 Å². The van der Waals surface area contributed by atoms with Gasteiger partial charge in [-0.05, 0) is 47.5 Å². The summed E-state index contributed by atoms with van der Waals surface area (Å²) in [6.07, 6.45) is 0. The van der Waals surface area contributed by atoms with E-state index in [0.29, 0.717) is 0 Å². The van der Waals surface area contributed by atoms with Crippen molar-refractivity contribution in [1.82, 2.24) is 9.78 Å². The third kappa shape index (κ3) is 3.81. The number of benzene rings is 2. The molecule has 2 aromatic carbocycles. The molecule has 0 fully saturated rings. The molecule has 2 heterocycles. The Morgan fingerprint density at radius 2 is 1.63 bits per heavy atom. The Morgan fingerprint density at radius 3 is 2.33 bits per heavy atom. The largest absolute Gasteiger partial charge is 0.365 e. The van der Waals surface area contributed by atoms with Gasteiger partial charge in [0.15, 0.2) is 0 Å². The van der Waals surface area contributed by atoms with Crippen molar-refractivity contribution in [1.29, 1.82) is 0 Å². The SMILES string of the molecule is Cc1ccc(-c2ccc(-c3cc(NCc4cccs4)n(C)n3)cc2)cc1C. The molecule has 0 saturated carbocycles. The van der Waals surface area contributed by atoms with Gasteiger partial charge in [0, 0.05) is 23.6 Å². The summed E-state index contributed by atoms with van der Waals surface area (Å²) in [4.78, 5) is 1.32. The molecule has 4 heteroatoms. The Balaban J connectivity index is 1.53. The summed E-state index contributed by atoms with van der Waals surface area (Å²) in [5, 5.41) is 10.2. The van der Waals surface area contributed by atoms with Crippen molar-refractivity contribution in [2.24, 2.45) is 7.05 Å². The van der Waals surface area contributed by atoms with Crippen LogP contribution in [0.2, 0.25) is 0 Å². The van der Waals surface area contributed by atoms with Crippen LogP contribution in [0.5, 0.6) is 0 Å². The summed E-state index contributed by atoms with van der Waals surface area (Å²) >= 11 is 1.76. The van der Waals surface area contributed by atoms with Gasteiger partial charge in [-0.3, -0.25) is 4.68 Å². The van der Waals surface area contributed by atoms with Crippen LogP contribution in [0, 0.1) is 13.8 Å². The first-order valence-corrected chi connectivity index (χ1v) is 9.96. The molecule has 0 aliphatic heterocycles. The average Bonchev–Trinajstić information content (AvgIpc) is 3.32. The van der Waals surface area contributed by atoms with E-state index in [2.05, 4.69) is 90.3 Å². The fourth-order valence-corrected chi connectivity index (χ4v) is 3.76. The quantitative estimate of drug-likeness (QED) is 0.462. The molecule has 0 bridgehead atoms. The first-order valence-electron chi connectivity index (χ1n) is 9.08. The van der Waals surface area contributed by atoms with E-state index in [0.717, 1.165) is 23.6 Å². The first kappa shape index (κ1) is 17.6. The number of rotatable bonds is 5. The summed E-state index contributed by atoms with van der Waals surface area (Å²) in [6.45, 7) is 5.13. The maximum Gasteiger partial charge on any atom is 0.124 e. The van der Waals surface area contributed by atoms with Crippen LogP contribution in [0.25, 0.3) is 22.4 Å². The molecule has 4 aromatic rings. The number of hydrogen-bond acceptors (Lipinski definition) is 3. The Morgan fingerprint density at radius 1 is 0.889 bits per heavy atom. The highest BCUT2D eigenvalue weighted by Crippen LogP contribution is 2.27. The molecular weight excluding hydrogens is 350 g/mol. The zero-order valence-corrected chi connectivity index (χ0v) is 16.7. The maximum absolute atomic E-state index is 4.67. The molecule has 4 rings (SSSR count). The monoisotopic (exact) mass is 373 g/mol. The standard InChI is InChI=1S/C23H23N3S/c1-16-6-7-20(13-17(16)2)18-8-10-19(11-9-18)22-14-23(26(3)25-22)24-15-21-5-4-12-27-21/h4-14,24H,15H2,1-3H3. The summed E-state index contributed by atoms with van der Waals surface area (Å²) in [5.74, 6) is 1.02. The van der Waals surface area contributed by atoms with Crippen molar-refractivity contribution in [3.63, 3.8) is 0 Å². The van der Waals surface area contributed by atoms with E-state index in [1.165, 1.54) is 27.1 Å². The Bertz CT molecular complexity index is 1040. The highest BCUT2D eigenvalue weighted by Gasteiger charge is 2.08. The first-order chi connectivity index (χ1) is 13.1. The fourth-order valence-electron chi connectivity index (χ4n) is 3.12. The van der Waals surface area contributed by atoms with Crippen LogP contribution < -0.4 is 5.32 Å². The van der Waals surface area contributed by atoms with Crippen LogP contribution in [0.3, 0.4) is 0 Å². The van der Waals surface area contributed by atoms with Crippen molar-refractivity contribution in [3.05, 3.63) is 82.0 Å². The van der Waals surface area contributed by atoms with Gasteiger partial charge in [-0.15, -0.1) is 11.3 Å². The van der Waals surface area contributed by atoms with E-state index in [1.54, 1.807) is 11.3 Å². The van der Waals surface area contributed by atoms with Gasteiger partial charge in [0.2, 0.25) is 0 Å². The van der Waals surface area contributed by atoms with Crippen molar-refractivity contribution < 1.29 is 0 Å². The van der Waals surface area contributed by atoms with E-state index < -0.39 is 0 Å². The van der Waals surface area contributed by atoms with Crippen LogP contribution >= 0.6 is 11.3 Å². The number of nitrogens with zero attached hydrogens (tertiary/aromatic N) is 2. The molecule has 0 aliphatic rings. The third-order valence-electron chi connectivity index (χ3n) is 4.92. The predicted octanol–water partition coefficient (Wildman–Crippen LogP) is 6.04. The van der Waals surface area contributed by atoms with Gasteiger partial charge in [0.1, 0.15) is 5.82 Å². The predicted molar refractivity (Wildman–Crippen MR) is 115 cm³/mol. The number of thiophene rings is 1. The number of aryl methyl sites for hydroxylation is 3. The number of nitrogens with one attached hydrogen (secondary N) is 1. The van der Waals surface area contributed by atoms with Crippen LogP contribution in [-0.2, 0) is 13.6 Å². The van der Waals surface area contributed by atoms with Crippen LogP contribution in [0.4, 0.5) is 5.82 Å². The van der Waals surface area contributed by atoms with Gasteiger partial charge < -0.3 is 5.32 Å². The van der Waals surface area contributed by atoms with Gasteiger partial charge in [0.05, 0.1) is 12.2 Å². The van der Waals surface area contributed by atoms with Gasteiger partial charge in [-0.2, -0.15) is 5.10 Å². The van der Waals surface area contributed by atoms with Crippen LogP contribution in [0.15, 0.2) is 66.0 Å². The molecule has 1 N–H and O–H groups in total. The van der Waals surface area contributed by atoms with Gasteiger partial charge in [0.25, 0.3) is 0 Å². The zero-order valence-electron chi connectivity index (χ0n) is 15.9. The number of hydrogen-bond donors (Lipinski definition) is 1. The van der Waals surface area contributed by atoms with Crippen LogP contribution in [0.1, 0.15) is 16.0 Å². The highest BCUT2D eigenvalue weighted by molar-refractivity contribution is 7.09. The minimum atomic E-state index is 0.822.